The molecule has 2 fully saturated rings. The molecule has 1 atom stereocenters. The van der Waals surface area contributed by atoms with Crippen molar-refractivity contribution < 1.29 is 23.4 Å². The molecule has 0 saturated carbocycles. The number of anilines is 2. The molecule has 0 radical (unpaired) electrons. The van der Waals surface area contributed by atoms with Gasteiger partial charge in [-0.2, -0.15) is 0 Å². The van der Waals surface area contributed by atoms with Crippen LogP contribution in [0.4, 0.5) is 15.9 Å². The van der Waals surface area contributed by atoms with Gasteiger partial charge in [-0.05, 0) is 37.1 Å². The van der Waals surface area contributed by atoms with Crippen molar-refractivity contribution in [3.8, 4) is 11.5 Å². The van der Waals surface area contributed by atoms with Crippen molar-refractivity contribution in [1.82, 2.24) is 19.8 Å². The maximum absolute atomic E-state index is 13.6. The molecule has 202 valence electrons. The van der Waals surface area contributed by atoms with E-state index in [4.69, 9.17) is 25.8 Å². The quantitative estimate of drug-likeness (QED) is 0.403. The van der Waals surface area contributed by atoms with Gasteiger partial charge in [-0.3, -0.25) is 4.90 Å². The molecule has 3 aromatic rings. The zero-order valence-corrected chi connectivity index (χ0v) is 22.0. The highest BCUT2D eigenvalue weighted by molar-refractivity contribution is 6.31. The van der Waals surface area contributed by atoms with E-state index in [0.717, 1.165) is 57.2 Å². The fourth-order valence-corrected chi connectivity index (χ4v) is 5.11. The highest BCUT2D eigenvalue weighted by Gasteiger charge is 2.27. The number of nitrogens with zero attached hydrogens (tertiary/aromatic N) is 4. The Labute approximate surface area is 225 Å². The van der Waals surface area contributed by atoms with Crippen LogP contribution in [0.15, 0.2) is 36.7 Å². The van der Waals surface area contributed by atoms with E-state index >= 15 is 0 Å². The number of benzene rings is 2. The summed E-state index contributed by atoms with van der Waals surface area (Å²) in [5.74, 6) is 1.25. The lowest BCUT2D eigenvalue weighted by molar-refractivity contribution is -0.115. The molecule has 2 saturated heterocycles. The van der Waals surface area contributed by atoms with Crippen molar-refractivity contribution in [3.63, 3.8) is 0 Å². The molecule has 5 rings (SSSR count). The summed E-state index contributed by atoms with van der Waals surface area (Å²) in [5.41, 5.74) is 1.28. The monoisotopic (exact) mass is 543 g/mol. The summed E-state index contributed by atoms with van der Waals surface area (Å²) >= 11 is 5.94. The van der Waals surface area contributed by atoms with Crippen molar-refractivity contribution in [2.45, 2.75) is 25.0 Å². The molecule has 9 nitrogen and oxygen atoms in total. The first kappa shape index (κ1) is 26.6. The third kappa shape index (κ3) is 6.15. The highest BCUT2D eigenvalue weighted by atomic mass is 35.5. The number of piperidine rings is 1. The largest absolute Gasteiger partial charge is 0.493 e. The van der Waals surface area contributed by atoms with Crippen LogP contribution in [0.1, 0.15) is 12.8 Å². The van der Waals surface area contributed by atoms with Crippen LogP contribution in [0.25, 0.3) is 10.9 Å². The van der Waals surface area contributed by atoms with Gasteiger partial charge in [-0.15, -0.1) is 0 Å². The van der Waals surface area contributed by atoms with E-state index in [1.54, 1.807) is 13.2 Å². The second-order valence-corrected chi connectivity index (χ2v) is 9.87. The standard InChI is InChI=1S/C27H31ClFN5O4/c1-36-25-14-24-21(27(31-17-30-24)32-18-2-3-23(29)22(28)12-18)13-26(25)38-20-4-6-33(7-5-20)15-19(16-35)34-8-10-37-11-9-34/h2-3,12-14,16-17,19-20H,4-11,15H2,1H3,(H,30,31,32). The predicted molar refractivity (Wildman–Crippen MR) is 143 cm³/mol. The Morgan fingerprint density at radius 3 is 2.66 bits per heavy atom. The van der Waals surface area contributed by atoms with Crippen LogP contribution in [-0.2, 0) is 9.53 Å². The summed E-state index contributed by atoms with van der Waals surface area (Å²) in [6, 6.07) is 7.98. The van der Waals surface area contributed by atoms with Crippen molar-refractivity contribution in [3.05, 3.63) is 47.5 Å². The van der Waals surface area contributed by atoms with Crippen molar-refractivity contribution in [2.75, 3.05) is 58.4 Å². The minimum absolute atomic E-state index is 0.00705. The Morgan fingerprint density at radius 1 is 1.16 bits per heavy atom. The molecule has 2 aliphatic rings. The number of fused-ring (bicyclic) bond motifs is 1. The third-order valence-corrected chi connectivity index (χ3v) is 7.34. The van der Waals surface area contributed by atoms with Crippen LogP contribution >= 0.6 is 11.6 Å². The van der Waals surface area contributed by atoms with Crippen LogP contribution in [0.3, 0.4) is 0 Å². The van der Waals surface area contributed by atoms with Crippen LogP contribution in [0.5, 0.6) is 11.5 Å². The molecule has 0 amide bonds. The fourth-order valence-electron chi connectivity index (χ4n) is 4.93. The zero-order chi connectivity index (χ0) is 26.5. The molecule has 0 aliphatic carbocycles. The number of likely N-dealkylation sites (tertiary alicyclic amines) is 1. The second kappa shape index (κ2) is 12.2. The lowest BCUT2D eigenvalue weighted by Gasteiger charge is -2.37. The number of methoxy groups -OCH3 is 1. The number of halogens is 2. The molecule has 1 unspecified atom stereocenters. The summed E-state index contributed by atoms with van der Waals surface area (Å²) in [6.07, 6.45) is 4.18. The van der Waals surface area contributed by atoms with Gasteiger partial charge in [0.1, 0.15) is 30.4 Å². The summed E-state index contributed by atoms with van der Waals surface area (Å²) in [4.78, 5) is 25.0. The van der Waals surface area contributed by atoms with E-state index < -0.39 is 5.82 Å². The molecule has 11 heteroatoms. The summed E-state index contributed by atoms with van der Waals surface area (Å²) in [6.45, 7) is 5.34. The Morgan fingerprint density at radius 2 is 1.95 bits per heavy atom. The first-order valence-electron chi connectivity index (χ1n) is 12.7. The van der Waals surface area contributed by atoms with Gasteiger partial charge in [0.2, 0.25) is 0 Å². The first-order chi connectivity index (χ1) is 18.5. The Bertz CT molecular complexity index is 1270. The van der Waals surface area contributed by atoms with Gasteiger partial charge < -0.3 is 29.2 Å². The summed E-state index contributed by atoms with van der Waals surface area (Å²) in [7, 11) is 1.60. The average molecular weight is 544 g/mol. The molecular weight excluding hydrogens is 513 g/mol. The minimum Gasteiger partial charge on any atom is -0.493 e. The lowest BCUT2D eigenvalue weighted by Crippen LogP contribution is -2.51. The number of aromatic nitrogens is 2. The van der Waals surface area contributed by atoms with Crippen LogP contribution in [-0.4, -0.2) is 91.2 Å². The van der Waals surface area contributed by atoms with Gasteiger partial charge in [-0.1, -0.05) is 11.6 Å². The van der Waals surface area contributed by atoms with E-state index in [1.807, 2.05) is 12.1 Å². The number of carbonyl (C=O) groups excluding carboxylic acids is 1. The number of ether oxygens (including phenoxy) is 3. The van der Waals surface area contributed by atoms with Gasteiger partial charge in [0.05, 0.1) is 36.9 Å². The second-order valence-electron chi connectivity index (χ2n) is 9.47. The van der Waals surface area contributed by atoms with E-state index in [9.17, 15) is 9.18 Å². The lowest BCUT2D eigenvalue weighted by atomic mass is 10.1. The topological polar surface area (TPSA) is 89.1 Å². The normalized spacial score (nSPS) is 18.3. The minimum atomic E-state index is -0.487. The maximum atomic E-state index is 13.6. The van der Waals surface area contributed by atoms with Gasteiger partial charge in [-0.25, -0.2) is 14.4 Å². The number of rotatable bonds is 9. The van der Waals surface area contributed by atoms with Crippen molar-refractivity contribution >= 4 is 40.3 Å². The molecule has 2 aromatic carbocycles. The van der Waals surface area contributed by atoms with Crippen molar-refractivity contribution in [2.24, 2.45) is 0 Å². The summed E-state index contributed by atoms with van der Waals surface area (Å²) < 4.78 is 31.0. The molecule has 2 aliphatic heterocycles. The number of aldehydes is 1. The van der Waals surface area contributed by atoms with E-state index in [-0.39, 0.29) is 17.2 Å². The molecule has 3 heterocycles. The fraction of sp³-hybridized carbons (Fsp3) is 0.444. The predicted octanol–water partition coefficient (Wildman–Crippen LogP) is 3.92. The zero-order valence-electron chi connectivity index (χ0n) is 21.2. The number of carbonyl (C=O) groups is 1. The van der Waals surface area contributed by atoms with Gasteiger partial charge in [0.25, 0.3) is 0 Å². The number of nitrogens with one attached hydrogen (secondary N) is 1. The Balaban J connectivity index is 1.27. The van der Waals surface area contributed by atoms with Crippen LogP contribution < -0.4 is 14.8 Å². The van der Waals surface area contributed by atoms with Crippen LogP contribution in [0, 0.1) is 5.82 Å². The van der Waals surface area contributed by atoms with Crippen LogP contribution in [0.2, 0.25) is 5.02 Å². The number of morpholine rings is 1. The van der Waals surface area contributed by atoms with E-state index in [0.29, 0.717) is 41.7 Å². The molecule has 0 spiro atoms. The SMILES string of the molecule is COc1cc2ncnc(Nc3ccc(F)c(Cl)c3)c2cc1OC1CCN(CC(C=O)N2CCOCC2)CC1. The summed E-state index contributed by atoms with van der Waals surface area (Å²) in [5, 5.41) is 3.95. The molecule has 1 N–H and O–H groups in total. The molecule has 0 bridgehead atoms. The third-order valence-electron chi connectivity index (χ3n) is 7.05. The van der Waals surface area contributed by atoms with E-state index in [1.165, 1.54) is 18.5 Å². The average Bonchev–Trinajstić information content (AvgIpc) is 2.95. The number of hydrogen-bond acceptors (Lipinski definition) is 9. The Hall–Kier alpha value is -3.05. The molecular formula is C27H31ClFN5O4. The van der Waals surface area contributed by atoms with Gasteiger partial charge in [0.15, 0.2) is 11.5 Å². The molecule has 38 heavy (non-hydrogen) atoms. The number of hydrogen-bond donors (Lipinski definition) is 1. The van der Waals surface area contributed by atoms with Gasteiger partial charge in [0, 0.05) is 49.9 Å². The van der Waals surface area contributed by atoms with E-state index in [2.05, 4.69) is 25.1 Å². The Kier molecular flexibility index (Phi) is 8.53. The first-order valence-corrected chi connectivity index (χ1v) is 13.1. The van der Waals surface area contributed by atoms with Gasteiger partial charge >= 0.3 is 0 Å². The molecule has 1 aromatic heterocycles. The smallest absolute Gasteiger partial charge is 0.162 e. The van der Waals surface area contributed by atoms with Crippen molar-refractivity contribution in [1.29, 1.82) is 0 Å². The highest BCUT2D eigenvalue weighted by Crippen LogP contribution is 2.36. The maximum Gasteiger partial charge on any atom is 0.162 e.